The topological polar surface area (TPSA) is 18.5 Å². The molecular formula is C4H7BrO2. The fourth-order valence-electron chi connectivity index (χ4n) is 0.399. The van der Waals surface area contributed by atoms with E-state index in [-0.39, 0.29) is 0 Å². The molecule has 0 aromatic rings. The molecule has 0 spiro atoms. The van der Waals surface area contributed by atoms with E-state index in [1.807, 2.05) is 0 Å². The van der Waals surface area contributed by atoms with E-state index in [1.165, 1.54) is 0 Å². The predicted octanol–water partition coefficient (Wildman–Crippen LogP) is 0.754. The van der Waals surface area contributed by atoms with Gasteiger partial charge in [-0.15, -0.1) is 0 Å². The Morgan fingerprint density at radius 2 is 2.43 bits per heavy atom. The minimum atomic E-state index is 0.361. The van der Waals surface area contributed by atoms with Crippen LogP contribution in [0.5, 0.6) is 0 Å². The Kier molecular flexibility index (Phi) is 2.09. The summed E-state index contributed by atoms with van der Waals surface area (Å²) in [5, 5.41) is 0. The van der Waals surface area contributed by atoms with Gasteiger partial charge in [0.15, 0.2) is 0 Å². The van der Waals surface area contributed by atoms with E-state index in [0.717, 1.165) is 13.2 Å². The van der Waals surface area contributed by atoms with Gasteiger partial charge in [-0.05, 0) is 0 Å². The maximum Gasteiger partial charge on any atom is 0.105 e. The van der Waals surface area contributed by atoms with Gasteiger partial charge in [0, 0.05) is 0 Å². The molecule has 0 aliphatic carbocycles. The highest BCUT2D eigenvalue weighted by molar-refractivity contribution is 9.09. The summed E-state index contributed by atoms with van der Waals surface area (Å²) in [6.07, 6.45) is 0.361. The lowest BCUT2D eigenvalue weighted by Gasteiger charge is -2.24. The van der Waals surface area contributed by atoms with Crippen LogP contribution in [0.2, 0.25) is 0 Å². The molecule has 0 radical (unpaired) electrons. The van der Waals surface area contributed by atoms with E-state index in [0.29, 0.717) is 11.6 Å². The monoisotopic (exact) mass is 166 g/mol. The van der Waals surface area contributed by atoms with E-state index in [9.17, 15) is 0 Å². The lowest BCUT2D eigenvalue weighted by atomic mass is 10.3. The molecule has 42 valence electrons. The highest BCUT2D eigenvalue weighted by Gasteiger charge is 2.17. The standard InChI is InChI=1S/C4H7BrO2/c5-3-7-4-1-6-2-4/h4H,1-3H2. The number of hydrogen-bond acceptors (Lipinski definition) is 2. The van der Waals surface area contributed by atoms with Crippen LogP contribution < -0.4 is 0 Å². The summed E-state index contributed by atoms with van der Waals surface area (Å²) in [4.78, 5) is 0. The highest BCUT2D eigenvalue weighted by Crippen LogP contribution is 2.05. The molecule has 0 aromatic heterocycles. The number of ether oxygens (including phenoxy) is 2. The zero-order valence-corrected chi connectivity index (χ0v) is 5.48. The Bertz CT molecular complexity index is 53.7. The van der Waals surface area contributed by atoms with Crippen LogP contribution in [0.1, 0.15) is 0 Å². The molecule has 1 rings (SSSR count). The minimum Gasteiger partial charge on any atom is -0.376 e. The summed E-state index contributed by atoms with van der Waals surface area (Å²) in [5.41, 5.74) is 0.626. The third-order valence-electron chi connectivity index (χ3n) is 0.906. The highest BCUT2D eigenvalue weighted by atomic mass is 79.9. The fourth-order valence-corrected chi connectivity index (χ4v) is 0.773. The maximum absolute atomic E-state index is 5.07. The second-order valence-electron chi connectivity index (χ2n) is 1.44. The molecule has 1 aliphatic heterocycles. The summed E-state index contributed by atoms with van der Waals surface area (Å²) in [6, 6.07) is 0. The first kappa shape index (κ1) is 5.54. The van der Waals surface area contributed by atoms with E-state index < -0.39 is 0 Å². The van der Waals surface area contributed by atoms with Gasteiger partial charge in [0.2, 0.25) is 0 Å². The average molecular weight is 167 g/mol. The van der Waals surface area contributed by atoms with Gasteiger partial charge in [-0.2, -0.15) is 0 Å². The van der Waals surface area contributed by atoms with Crippen molar-refractivity contribution in [1.29, 1.82) is 0 Å². The normalized spacial score (nSPS) is 21.9. The van der Waals surface area contributed by atoms with Crippen molar-refractivity contribution in [2.45, 2.75) is 6.10 Å². The van der Waals surface area contributed by atoms with Crippen LogP contribution in [0.4, 0.5) is 0 Å². The molecule has 1 heterocycles. The Labute approximate surface area is 50.9 Å². The Morgan fingerprint density at radius 1 is 1.71 bits per heavy atom. The van der Waals surface area contributed by atoms with Crippen LogP contribution in [0.15, 0.2) is 0 Å². The first-order valence-corrected chi connectivity index (χ1v) is 3.31. The number of rotatable bonds is 2. The Balaban J connectivity index is 1.93. The number of alkyl halides is 1. The van der Waals surface area contributed by atoms with Crippen LogP contribution in [0, 0.1) is 0 Å². The van der Waals surface area contributed by atoms with Crippen LogP contribution in [-0.2, 0) is 9.47 Å². The molecule has 1 fully saturated rings. The van der Waals surface area contributed by atoms with Gasteiger partial charge in [-0.3, -0.25) is 0 Å². The van der Waals surface area contributed by atoms with Crippen molar-refractivity contribution in [3.63, 3.8) is 0 Å². The van der Waals surface area contributed by atoms with Gasteiger partial charge >= 0.3 is 0 Å². The second kappa shape index (κ2) is 2.64. The minimum absolute atomic E-state index is 0.361. The van der Waals surface area contributed by atoms with E-state index in [1.54, 1.807) is 0 Å². The van der Waals surface area contributed by atoms with Gasteiger partial charge in [-0.1, -0.05) is 15.9 Å². The van der Waals surface area contributed by atoms with Crippen molar-refractivity contribution in [3.05, 3.63) is 0 Å². The molecule has 3 heteroatoms. The summed E-state index contributed by atoms with van der Waals surface area (Å²) < 4.78 is 9.91. The Morgan fingerprint density at radius 3 is 2.57 bits per heavy atom. The maximum atomic E-state index is 5.07. The van der Waals surface area contributed by atoms with Gasteiger partial charge in [0.1, 0.15) is 11.6 Å². The SMILES string of the molecule is BrCOC1COC1. The van der Waals surface area contributed by atoms with E-state index in [4.69, 9.17) is 9.47 Å². The number of hydrogen-bond donors (Lipinski definition) is 0. The van der Waals surface area contributed by atoms with Crippen molar-refractivity contribution in [1.82, 2.24) is 0 Å². The quantitative estimate of drug-likeness (QED) is 0.565. The number of halogens is 1. The van der Waals surface area contributed by atoms with Crippen molar-refractivity contribution >= 4 is 15.9 Å². The lowest BCUT2D eigenvalue weighted by Crippen LogP contribution is -2.35. The van der Waals surface area contributed by atoms with Crippen LogP contribution >= 0.6 is 15.9 Å². The lowest BCUT2D eigenvalue weighted by molar-refractivity contribution is -0.116. The first-order chi connectivity index (χ1) is 3.43. The smallest absolute Gasteiger partial charge is 0.105 e. The fraction of sp³-hybridized carbons (Fsp3) is 1.00. The zero-order valence-electron chi connectivity index (χ0n) is 3.89. The summed E-state index contributed by atoms with van der Waals surface area (Å²) in [7, 11) is 0. The molecule has 7 heavy (non-hydrogen) atoms. The summed E-state index contributed by atoms with van der Waals surface area (Å²) >= 11 is 3.15. The molecule has 2 nitrogen and oxygen atoms in total. The van der Waals surface area contributed by atoms with Crippen molar-refractivity contribution in [3.8, 4) is 0 Å². The molecule has 0 bridgehead atoms. The van der Waals surface area contributed by atoms with Gasteiger partial charge in [-0.25, -0.2) is 0 Å². The van der Waals surface area contributed by atoms with Crippen LogP contribution in [0.3, 0.4) is 0 Å². The van der Waals surface area contributed by atoms with Crippen molar-refractivity contribution in [2.75, 3.05) is 18.7 Å². The molecule has 1 saturated heterocycles. The second-order valence-corrected chi connectivity index (χ2v) is 1.89. The molecule has 0 N–H and O–H groups in total. The zero-order chi connectivity index (χ0) is 5.11. The van der Waals surface area contributed by atoms with E-state index >= 15 is 0 Å². The predicted molar refractivity (Wildman–Crippen MR) is 29.5 cm³/mol. The summed E-state index contributed by atoms with van der Waals surface area (Å²) in [5.74, 6) is 0. The van der Waals surface area contributed by atoms with Crippen LogP contribution in [-0.4, -0.2) is 24.8 Å². The first-order valence-electron chi connectivity index (χ1n) is 2.19. The molecule has 0 unspecified atom stereocenters. The largest absolute Gasteiger partial charge is 0.376 e. The van der Waals surface area contributed by atoms with Gasteiger partial charge < -0.3 is 9.47 Å². The Hall–Kier alpha value is 0.400. The average Bonchev–Trinajstić information content (AvgIpc) is 1.55. The third kappa shape index (κ3) is 1.40. The van der Waals surface area contributed by atoms with Gasteiger partial charge in [0.05, 0.1) is 13.2 Å². The molecule has 0 atom stereocenters. The molecule has 1 aliphatic rings. The van der Waals surface area contributed by atoms with Crippen molar-refractivity contribution in [2.24, 2.45) is 0 Å². The van der Waals surface area contributed by atoms with Crippen molar-refractivity contribution < 1.29 is 9.47 Å². The molecule has 0 saturated carbocycles. The molecular weight excluding hydrogens is 160 g/mol. The van der Waals surface area contributed by atoms with E-state index in [2.05, 4.69) is 15.9 Å². The molecule has 0 amide bonds. The van der Waals surface area contributed by atoms with Crippen LogP contribution in [0.25, 0.3) is 0 Å². The third-order valence-corrected chi connectivity index (χ3v) is 1.17. The summed E-state index contributed by atoms with van der Waals surface area (Å²) in [6.45, 7) is 1.54. The van der Waals surface area contributed by atoms with Gasteiger partial charge in [0.25, 0.3) is 0 Å². The molecule has 0 aromatic carbocycles.